The maximum absolute atomic E-state index is 13.5. The van der Waals surface area contributed by atoms with E-state index in [0.717, 1.165) is 0 Å². The van der Waals surface area contributed by atoms with Crippen molar-refractivity contribution >= 4 is 29.4 Å². The number of hydrogen-bond acceptors (Lipinski definition) is 11. The molecule has 0 heterocycles. The minimum atomic E-state index is -0.513. The fraction of sp³-hybridized carbons (Fsp3) is 0.500. The molecule has 0 unspecified atom stereocenters. The molecule has 0 radical (unpaired) electrons. The maximum Gasteiger partial charge on any atom is 0.309 e. The van der Waals surface area contributed by atoms with Gasteiger partial charge in [0.2, 0.25) is 0 Å². The molecule has 11 nitrogen and oxygen atoms in total. The summed E-state index contributed by atoms with van der Waals surface area (Å²) >= 11 is 6.36. The molecule has 1 saturated carbocycles. The minimum Gasteiger partial charge on any atom is -0.493 e. The summed E-state index contributed by atoms with van der Waals surface area (Å²) < 4.78 is 49.5. The van der Waals surface area contributed by atoms with Gasteiger partial charge in [-0.25, -0.2) is 0 Å². The number of hydrogen-bond donors (Lipinski definition) is 0. The highest BCUT2D eigenvalue weighted by Crippen LogP contribution is 2.38. The Balaban J connectivity index is 1.74. The van der Waals surface area contributed by atoms with Crippen LogP contribution in [0.5, 0.6) is 28.7 Å². The van der Waals surface area contributed by atoms with E-state index in [0.29, 0.717) is 42.3 Å². The zero-order chi connectivity index (χ0) is 32.3. The maximum atomic E-state index is 13.5. The van der Waals surface area contributed by atoms with Crippen LogP contribution in [-0.4, -0.2) is 78.7 Å². The molecule has 2 aromatic rings. The summed E-state index contributed by atoms with van der Waals surface area (Å²) in [7, 11) is 5.95. The molecule has 1 aliphatic rings. The Morgan fingerprint density at radius 1 is 0.864 bits per heavy atom. The van der Waals surface area contributed by atoms with Gasteiger partial charge in [-0.2, -0.15) is 0 Å². The molecule has 0 aromatic heterocycles. The zero-order valence-corrected chi connectivity index (χ0v) is 27.0. The number of methoxy groups -OCH3 is 4. The average molecular weight is 637 g/mol. The van der Waals surface area contributed by atoms with Gasteiger partial charge < -0.3 is 42.6 Å². The van der Waals surface area contributed by atoms with Gasteiger partial charge in [-0.3, -0.25) is 9.59 Å². The van der Waals surface area contributed by atoms with Gasteiger partial charge in [0.25, 0.3) is 0 Å². The van der Waals surface area contributed by atoms with E-state index in [1.807, 2.05) is 20.8 Å². The first-order valence-electron chi connectivity index (χ1n) is 14.0. The van der Waals surface area contributed by atoms with E-state index in [1.165, 1.54) is 34.5 Å². The third-order valence-electron chi connectivity index (χ3n) is 6.43. The number of rotatable bonds is 17. The zero-order valence-electron chi connectivity index (χ0n) is 26.2. The molecule has 0 atom stereocenters. The van der Waals surface area contributed by atoms with E-state index in [1.54, 1.807) is 30.3 Å². The normalized spacial score (nSPS) is 16.3. The van der Waals surface area contributed by atoms with Crippen molar-refractivity contribution in [2.45, 2.75) is 45.3 Å². The van der Waals surface area contributed by atoms with Crippen molar-refractivity contribution in [3.8, 4) is 28.7 Å². The van der Waals surface area contributed by atoms with Crippen molar-refractivity contribution < 1.29 is 52.2 Å². The van der Waals surface area contributed by atoms with E-state index in [9.17, 15) is 9.59 Å². The van der Waals surface area contributed by atoms with E-state index in [2.05, 4.69) is 0 Å². The third kappa shape index (κ3) is 9.75. The molecule has 12 heteroatoms. The van der Waals surface area contributed by atoms with Gasteiger partial charge in [-0.1, -0.05) is 11.6 Å². The summed E-state index contributed by atoms with van der Waals surface area (Å²) in [5.74, 6) is 0.878. The van der Waals surface area contributed by atoms with E-state index in [-0.39, 0.29) is 60.3 Å². The smallest absolute Gasteiger partial charge is 0.309 e. The Morgan fingerprint density at radius 2 is 1.52 bits per heavy atom. The molecule has 0 aliphatic heterocycles. The number of ketones is 1. The number of carbonyl (C=O) groups excluding carboxylic acids is 2. The second-order valence-electron chi connectivity index (χ2n) is 10.8. The molecule has 3 rings (SSSR count). The van der Waals surface area contributed by atoms with E-state index >= 15 is 0 Å². The van der Waals surface area contributed by atoms with Crippen molar-refractivity contribution in [3.05, 3.63) is 46.5 Å². The van der Waals surface area contributed by atoms with Crippen LogP contribution in [0, 0.1) is 5.92 Å². The van der Waals surface area contributed by atoms with Crippen LogP contribution in [-0.2, 0) is 23.7 Å². The summed E-state index contributed by atoms with van der Waals surface area (Å²) in [4.78, 5) is 25.7. The number of esters is 1. The van der Waals surface area contributed by atoms with Gasteiger partial charge in [0.15, 0.2) is 36.6 Å². The Hall–Kier alpha value is -3.51. The van der Waals surface area contributed by atoms with Crippen LogP contribution < -0.4 is 23.7 Å². The lowest BCUT2D eigenvalue weighted by Gasteiger charge is -2.35. The first-order chi connectivity index (χ1) is 21.0. The third-order valence-corrected chi connectivity index (χ3v) is 6.73. The van der Waals surface area contributed by atoms with E-state index in [4.69, 9.17) is 54.2 Å². The molecule has 0 N–H and O–H groups in total. The molecule has 0 bridgehead atoms. The second kappa shape index (κ2) is 16.5. The number of benzene rings is 2. The number of carbonyl (C=O) groups is 2. The van der Waals surface area contributed by atoms with Crippen molar-refractivity contribution in [2.24, 2.45) is 5.92 Å². The first kappa shape index (κ1) is 35.0. The van der Waals surface area contributed by atoms with E-state index < -0.39 is 11.4 Å². The van der Waals surface area contributed by atoms with Crippen LogP contribution in [0.1, 0.15) is 49.5 Å². The summed E-state index contributed by atoms with van der Waals surface area (Å²) in [6.45, 7) is 5.85. The Morgan fingerprint density at radius 3 is 2.16 bits per heavy atom. The monoisotopic (exact) mass is 636 g/mol. The van der Waals surface area contributed by atoms with Crippen LogP contribution in [0.3, 0.4) is 0 Å². The van der Waals surface area contributed by atoms with Crippen LogP contribution in [0.15, 0.2) is 30.3 Å². The highest BCUT2D eigenvalue weighted by molar-refractivity contribution is 6.33. The SMILES string of the molecule is COCOc1ccc(Cl)c(OCOC)c1C(=O)/C=C/c1cc(OC)c(OC)cc1OCCO[C@H]1C[C@@H](C(=O)OC(C)(C)C)C1. The second-order valence-corrected chi connectivity index (χ2v) is 11.2. The first-order valence-corrected chi connectivity index (χ1v) is 14.4. The Kier molecular flexibility index (Phi) is 13.1. The molecule has 1 fully saturated rings. The predicted molar refractivity (Wildman–Crippen MR) is 163 cm³/mol. The van der Waals surface area contributed by atoms with Crippen molar-refractivity contribution in [2.75, 3.05) is 55.2 Å². The fourth-order valence-corrected chi connectivity index (χ4v) is 4.51. The van der Waals surface area contributed by atoms with Gasteiger partial charge in [-0.05, 0) is 64.0 Å². The topological polar surface area (TPSA) is 117 Å². The van der Waals surface area contributed by atoms with Crippen molar-refractivity contribution in [3.63, 3.8) is 0 Å². The molecule has 44 heavy (non-hydrogen) atoms. The van der Waals surface area contributed by atoms with Crippen LogP contribution in [0.2, 0.25) is 5.02 Å². The molecular weight excluding hydrogens is 596 g/mol. The fourth-order valence-electron chi connectivity index (χ4n) is 4.30. The molecule has 0 spiro atoms. The summed E-state index contributed by atoms with van der Waals surface area (Å²) in [6.07, 6.45) is 4.11. The lowest BCUT2D eigenvalue weighted by atomic mass is 9.82. The van der Waals surface area contributed by atoms with Gasteiger partial charge in [0, 0.05) is 25.8 Å². The molecule has 1 aliphatic carbocycles. The standard InChI is InChI=1S/C32H41ClO11/c1-32(2,3)44-31(35)21-14-22(15-21)40-12-13-41-26-17-28(39-7)27(38-6)16-20(26)8-10-24(34)29-25(42-18-36-4)11-9-23(33)30(29)43-19-37-5/h8-11,16-17,21-22H,12-15,18-19H2,1-7H3/b10-8+/t21-,22+. The van der Waals surface area contributed by atoms with Crippen LogP contribution in [0.25, 0.3) is 6.08 Å². The Bertz CT molecular complexity index is 1300. The van der Waals surface area contributed by atoms with Crippen molar-refractivity contribution in [1.82, 2.24) is 0 Å². The number of allylic oxidation sites excluding steroid dienone is 1. The lowest BCUT2D eigenvalue weighted by molar-refractivity contribution is -0.169. The summed E-state index contributed by atoms with van der Waals surface area (Å²) in [5.41, 5.74) is 0.135. The summed E-state index contributed by atoms with van der Waals surface area (Å²) in [6, 6.07) is 6.48. The van der Waals surface area contributed by atoms with Gasteiger partial charge >= 0.3 is 5.97 Å². The molecule has 0 amide bonds. The molecular formula is C32H41ClO11. The van der Waals surface area contributed by atoms with Crippen LogP contribution in [0.4, 0.5) is 0 Å². The quantitative estimate of drug-likeness (QED) is 0.0696. The van der Waals surface area contributed by atoms with Gasteiger partial charge in [0.05, 0.1) is 37.9 Å². The average Bonchev–Trinajstić information content (AvgIpc) is 2.96. The number of ether oxygens (including phenoxy) is 9. The number of halogens is 1. The molecule has 2 aromatic carbocycles. The highest BCUT2D eigenvalue weighted by atomic mass is 35.5. The largest absolute Gasteiger partial charge is 0.493 e. The Labute approximate surface area is 263 Å². The molecule has 0 saturated heterocycles. The minimum absolute atomic E-state index is 0.0414. The van der Waals surface area contributed by atoms with Gasteiger partial charge in [0.1, 0.15) is 29.3 Å². The molecule has 242 valence electrons. The van der Waals surface area contributed by atoms with Gasteiger partial charge in [-0.15, -0.1) is 0 Å². The highest BCUT2D eigenvalue weighted by Gasteiger charge is 2.37. The van der Waals surface area contributed by atoms with Crippen LogP contribution >= 0.6 is 11.6 Å². The lowest BCUT2D eigenvalue weighted by Crippen LogP contribution is -2.40. The summed E-state index contributed by atoms with van der Waals surface area (Å²) in [5, 5.41) is 0.211. The van der Waals surface area contributed by atoms with Crippen molar-refractivity contribution in [1.29, 1.82) is 0 Å². The predicted octanol–water partition coefficient (Wildman–Crippen LogP) is 5.73.